The lowest BCUT2D eigenvalue weighted by molar-refractivity contribution is 0.0842. The molecule has 2 fully saturated rings. The molecule has 0 amide bonds. The number of methoxy groups -OCH3 is 1. The molecule has 0 aromatic carbocycles. The zero-order chi connectivity index (χ0) is 17.6. The van der Waals surface area contributed by atoms with Gasteiger partial charge in [0.05, 0.1) is 13.2 Å². The van der Waals surface area contributed by atoms with Crippen LogP contribution in [-0.2, 0) is 4.74 Å². The molecule has 24 heavy (non-hydrogen) atoms. The summed E-state index contributed by atoms with van der Waals surface area (Å²) in [5, 5.41) is 3.51. The predicted molar refractivity (Wildman–Crippen MR) is 102 cm³/mol. The minimum Gasteiger partial charge on any atom is -0.384 e. The molecular formula is C19H38N4O. The number of hydrogen-bond acceptors (Lipinski definition) is 3. The molecule has 1 aliphatic carbocycles. The second-order valence-electron chi connectivity index (χ2n) is 8.05. The van der Waals surface area contributed by atoms with E-state index in [1.807, 2.05) is 0 Å². The van der Waals surface area contributed by atoms with Crippen LogP contribution in [0.4, 0.5) is 0 Å². The number of hydrogen-bond donors (Lipinski definition) is 1. The standard InChI is InChI=1S/C19H38N4O/c1-6-20-18(23-11-9-17(13-23)14-24-5)21-15-19(22(3)4)10-7-8-16(2)12-19/h16-17H,6-15H2,1-5H3,(H,20,21). The molecule has 0 radical (unpaired) electrons. The van der Waals surface area contributed by atoms with Crippen LogP contribution in [0.5, 0.6) is 0 Å². The van der Waals surface area contributed by atoms with Gasteiger partial charge in [0.25, 0.3) is 0 Å². The Morgan fingerprint density at radius 1 is 1.38 bits per heavy atom. The molecule has 0 bridgehead atoms. The van der Waals surface area contributed by atoms with E-state index in [9.17, 15) is 0 Å². The minimum absolute atomic E-state index is 0.226. The van der Waals surface area contributed by atoms with Crippen LogP contribution in [0.3, 0.4) is 0 Å². The molecule has 2 aliphatic rings. The maximum atomic E-state index is 5.33. The average Bonchev–Trinajstić information content (AvgIpc) is 3.00. The van der Waals surface area contributed by atoms with Crippen molar-refractivity contribution in [1.82, 2.24) is 15.1 Å². The number of likely N-dealkylation sites (tertiary alicyclic amines) is 1. The first kappa shape index (κ1) is 19.5. The lowest BCUT2D eigenvalue weighted by Crippen LogP contribution is -2.51. The molecule has 1 aliphatic heterocycles. The van der Waals surface area contributed by atoms with Gasteiger partial charge in [-0.3, -0.25) is 4.99 Å². The molecule has 0 aromatic rings. The number of aliphatic imine (C=N–C) groups is 1. The van der Waals surface area contributed by atoms with E-state index in [1.165, 1.54) is 32.1 Å². The highest BCUT2D eigenvalue weighted by Gasteiger charge is 2.37. The zero-order valence-electron chi connectivity index (χ0n) is 16.5. The van der Waals surface area contributed by atoms with Gasteiger partial charge in [-0.2, -0.15) is 0 Å². The van der Waals surface area contributed by atoms with Crippen molar-refractivity contribution in [2.24, 2.45) is 16.8 Å². The summed E-state index contributed by atoms with van der Waals surface area (Å²) in [5.74, 6) is 2.53. The predicted octanol–water partition coefficient (Wildman–Crippen LogP) is 2.43. The van der Waals surface area contributed by atoms with Gasteiger partial charge in [0.15, 0.2) is 5.96 Å². The molecule has 1 saturated heterocycles. The van der Waals surface area contributed by atoms with Gasteiger partial charge in [-0.25, -0.2) is 0 Å². The molecule has 5 nitrogen and oxygen atoms in total. The Morgan fingerprint density at radius 2 is 2.17 bits per heavy atom. The Kier molecular flexibility index (Phi) is 7.35. The molecular weight excluding hydrogens is 300 g/mol. The first-order valence-electron chi connectivity index (χ1n) is 9.70. The van der Waals surface area contributed by atoms with Crippen LogP contribution in [0, 0.1) is 11.8 Å². The average molecular weight is 339 g/mol. The van der Waals surface area contributed by atoms with E-state index in [-0.39, 0.29) is 5.54 Å². The van der Waals surface area contributed by atoms with Crippen molar-refractivity contribution in [3.8, 4) is 0 Å². The number of likely N-dealkylation sites (N-methyl/N-ethyl adjacent to an activating group) is 1. The summed E-state index contributed by atoms with van der Waals surface area (Å²) in [6.07, 6.45) is 6.41. The number of guanidine groups is 1. The monoisotopic (exact) mass is 338 g/mol. The van der Waals surface area contributed by atoms with Gasteiger partial charge >= 0.3 is 0 Å². The van der Waals surface area contributed by atoms with Crippen LogP contribution in [-0.4, -0.2) is 75.3 Å². The molecule has 1 saturated carbocycles. The number of rotatable bonds is 6. The maximum absolute atomic E-state index is 5.33. The maximum Gasteiger partial charge on any atom is 0.193 e. The summed E-state index contributed by atoms with van der Waals surface area (Å²) in [4.78, 5) is 9.93. The van der Waals surface area contributed by atoms with E-state index in [0.717, 1.165) is 44.7 Å². The van der Waals surface area contributed by atoms with Gasteiger partial charge in [-0.1, -0.05) is 19.8 Å². The van der Waals surface area contributed by atoms with E-state index >= 15 is 0 Å². The van der Waals surface area contributed by atoms with Crippen LogP contribution < -0.4 is 5.32 Å². The lowest BCUT2D eigenvalue weighted by atomic mass is 9.75. The molecule has 140 valence electrons. The van der Waals surface area contributed by atoms with Gasteiger partial charge in [-0.05, 0) is 46.2 Å². The molecule has 0 spiro atoms. The van der Waals surface area contributed by atoms with Gasteiger partial charge < -0.3 is 19.9 Å². The lowest BCUT2D eigenvalue weighted by Gasteiger charge is -2.44. The molecule has 0 aromatic heterocycles. The molecule has 5 heteroatoms. The van der Waals surface area contributed by atoms with E-state index < -0.39 is 0 Å². The first-order chi connectivity index (χ1) is 11.5. The Balaban J connectivity index is 2.06. The summed E-state index contributed by atoms with van der Waals surface area (Å²) in [6, 6.07) is 0. The van der Waals surface area contributed by atoms with Gasteiger partial charge in [0.1, 0.15) is 0 Å². The molecule has 1 heterocycles. The third-order valence-electron chi connectivity index (χ3n) is 5.86. The van der Waals surface area contributed by atoms with Crippen LogP contribution in [0.1, 0.15) is 46.0 Å². The Labute approximate surface area is 148 Å². The fourth-order valence-electron chi connectivity index (χ4n) is 4.37. The smallest absolute Gasteiger partial charge is 0.193 e. The van der Waals surface area contributed by atoms with E-state index in [0.29, 0.717) is 5.92 Å². The summed E-state index contributed by atoms with van der Waals surface area (Å²) in [5.41, 5.74) is 0.226. The largest absolute Gasteiger partial charge is 0.384 e. The SMILES string of the molecule is CCNC(=NCC1(N(C)C)CCCC(C)C1)N1CCC(COC)C1. The Morgan fingerprint density at radius 3 is 2.79 bits per heavy atom. The van der Waals surface area contributed by atoms with Crippen molar-refractivity contribution < 1.29 is 4.74 Å². The summed E-state index contributed by atoms with van der Waals surface area (Å²) in [7, 11) is 6.25. The first-order valence-corrected chi connectivity index (χ1v) is 9.70. The molecule has 1 N–H and O–H groups in total. The Bertz CT molecular complexity index is 412. The fourth-order valence-corrected chi connectivity index (χ4v) is 4.37. The quantitative estimate of drug-likeness (QED) is 0.596. The summed E-state index contributed by atoms with van der Waals surface area (Å²) in [6.45, 7) is 9.38. The number of ether oxygens (including phenoxy) is 1. The van der Waals surface area contributed by atoms with Crippen LogP contribution in [0.2, 0.25) is 0 Å². The topological polar surface area (TPSA) is 40.1 Å². The van der Waals surface area contributed by atoms with Gasteiger partial charge in [0, 0.05) is 38.2 Å². The highest BCUT2D eigenvalue weighted by atomic mass is 16.5. The van der Waals surface area contributed by atoms with Crippen LogP contribution >= 0.6 is 0 Å². The van der Waals surface area contributed by atoms with Crippen molar-refractivity contribution in [1.29, 1.82) is 0 Å². The zero-order valence-corrected chi connectivity index (χ0v) is 16.5. The van der Waals surface area contributed by atoms with Gasteiger partial charge in [-0.15, -0.1) is 0 Å². The van der Waals surface area contributed by atoms with E-state index in [2.05, 4.69) is 43.1 Å². The fraction of sp³-hybridized carbons (Fsp3) is 0.947. The molecule has 3 atom stereocenters. The third-order valence-corrected chi connectivity index (χ3v) is 5.86. The van der Waals surface area contributed by atoms with Crippen molar-refractivity contribution in [3.05, 3.63) is 0 Å². The highest BCUT2D eigenvalue weighted by molar-refractivity contribution is 5.80. The third kappa shape index (κ3) is 4.85. The summed E-state index contributed by atoms with van der Waals surface area (Å²) >= 11 is 0. The van der Waals surface area contributed by atoms with Crippen molar-refractivity contribution in [2.45, 2.75) is 51.5 Å². The number of nitrogens with zero attached hydrogens (tertiary/aromatic N) is 3. The van der Waals surface area contributed by atoms with Crippen molar-refractivity contribution >= 4 is 5.96 Å². The second-order valence-corrected chi connectivity index (χ2v) is 8.05. The highest BCUT2D eigenvalue weighted by Crippen LogP contribution is 2.36. The number of nitrogens with one attached hydrogen (secondary N) is 1. The van der Waals surface area contributed by atoms with E-state index in [4.69, 9.17) is 9.73 Å². The normalized spacial score (nSPS) is 31.8. The van der Waals surface area contributed by atoms with Crippen LogP contribution in [0.25, 0.3) is 0 Å². The van der Waals surface area contributed by atoms with E-state index in [1.54, 1.807) is 7.11 Å². The molecule has 3 unspecified atom stereocenters. The van der Waals surface area contributed by atoms with Crippen molar-refractivity contribution in [3.63, 3.8) is 0 Å². The molecule has 2 rings (SSSR count). The van der Waals surface area contributed by atoms with Crippen LogP contribution in [0.15, 0.2) is 4.99 Å². The Hall–Kier alpha value is -0.810. The van der Waals surface area contributed by atoms with Crippen molar-refractivity contribution in [2.75, 3.05) is 54.0 Å². The summed E-state index contributed by atoms with van der Waals surface area (Å²) < 4.78 is 5.33. The van der Waals surface area contributed by atoms with Gasteiger partial charge in [0.2, 0.25) is 0 Å². The second kappa shape index (κ2) is 9.04. The minimum atomic E-state index is 0.226.